The number of hydrogen-bond donors (Lipinski definition) is 1. The first-order valence-corrected chi connectivity index (χ1v) is 10.6. The van der Waals surface area contributed by atoms with Gasteiger partial charge in [-0.15, -0.1) is 0 Å². The topological polar surface area (TPSA) is 84.9 Å². The molecule has 1 amide bonds. The van der Waals surface area contributed by atoms with Crippen molar-refractivity contribution < 1.29 is 22.7 Å². The van der Waals surface area contributed by atoms with E-state index >= 15 is 0 Å². The van der Waals surface area contributed by atoms with Crippen molar-refractivity contribution >= 4 is 33.2 Å². The van der Waals surface area contributed by atoms with Crippen molar-refractivity contribution in [1.82, 2.24) is 4.90 Å². The van der Waals surface area contributed by atoms with Crippen LogP contribution in [0.15, 0.2) is 47.4 Å². The maximum atomic E-state index is 12.7. The molecule has 0 aromatic heterocycles. The van der Waals surface area contributed by atoms with Gasteiger partial charge in [0.1, 0.15) is 10.6 Å². The summed E-state index contributed by atoms with van der Waals surface area (Å²) in [5, 5.41) is 0.290. The van der Waals surface area contributed by atoms with Gasteiger partial charge in [0, 0.05) is 23.8 Å². The average molecular weight is 425 g/mol. The van der Waals surface area contributed by atoms with Crippen molar-refractivity contribution in [3.8, 4) is 5.75 Å². The normalized spacial score (nSPS) is 14.6. The zero-order valence-electron chi connectivity index (χ0n) is 15.4. The largest absolute Gasteiger partial charge is 0.495 e. The Morgan fingerprint density at radius 2 is 1.86 bits per heavy atom. The number of benzene rings is 2. The highest BCUT2D eigenvalue weighted by molar-refractivity contribution is 7.92. The Bertz CT molecular complexity index is 941. The highest BCUT2D eigenvalue weighted by atomic mass is 35.5. The molecule has 0 unspecified atom stereocenters. The summed E-state index contributed by atoms with van der Waals surface area (Å²) in [5.41, 5.74) is 1.18. The standard InChI is InChI=1S/C19H21ClN2O5S/c1-26-17-7-4-15(20)13-18(17)28(24,25)21-16-5-2-14(3-6-16)12-19(23)22-8-10-27-11-9-22/h2-7,13,21H,8-12H2,1H3. The number of carbonyl (C=O) groups is 1. The minimum Gasteiger partial charge on any atom is -0.495 e. The molecule has 1 aliphatic heterocycles. The van der Waals surface area contributed by atoms with Gasteiger partial charge >= 0.3 is 0 Å². The molecule has 3 rings (SSSR count). The summed E-state index contributed by atoms with van der Waals surface area (Å²) < 4.78 is 38.2. The summed E-state index contributed by atoms with van der Waals surface area (Å²) >= 11 is 5.92. The summed E-state index contributed by atoms with van der Waals surface area (Å²) in [6.45, 7) is 2.30. The summed E-state index contributed by atoms with van der Waals surface area (Å²) in [7, 11) is -2.49. The lowest BCUT2D eigenvalue weighted by atomic mass is 10.1. The summed E-state index contributed by atoms with van der Waals surface area (Å²) in [4.78, 5) is 14.0. The molecule has 0 saturated carbocycles. The zero-order valence-corrected chi connectivity index (χ0v) is 16.9. The number of ether oxygens (including phenoxy) is 2. The lowest BCUT2D eigenvalue weighted by molar-refractivity contribution is -0.134. The lowest BCUT2D eigenvalue weighted by Gasteiger charge is -2.26. The third-order valence-corrected chi connectivity index (χ3v) is 5.98. The second-order valence-corrected chi connectivity index (χ2v) is 8.35. The van der Waals surface area contributed by atoms with Crippen LogP contribution in [-0.4, -0.2) is 52.6 Å². The van der Waals surface area contributed by atoms with E-state index in [1.165, 1.54) is 19.2 Å². The van der Waals surface area contributed by atoms with Gasteiger partial charge in [-0.3, -0.25) is 9.52 Å². The molecule has 1 N–H and O–H groups in total. The van der Waals surface area contributed by atoms with E-state index < -0.39 is 10.0 Å². The fourth-order valence-electron chi connectivity index (χ4n) is 2.86. The SMILES string of the molecule is COc1ccc(Cl)cc1S(=O)(=O)Nc1ccc(CC(=O)N2CCOCC2)cc1. The van der Waals surface area contributed by atoms with E-state index in [0.29, 0.717) is 32.0 Å². The molecule has 28 heavy (non-hydrogen) atoms. The summed E-state index contributed by atoms with van der Waals surface area (Å²) in [6.07, 6.45) is 0.259. The quantitative estimate of drug-likeness (QED) is 0.770. The summed E-state index contributed by atoms with van der Waals surface area (Å²) in [6, 6.07) is 11.1. The van der Waals surface area contributed by atoms with Crippen LogP contribution >= 0.6 is 11.6 Å². The number of sulfonamides is 1. The van der Waals surface area contributed by atoms with E-state index in [1.54, 1.807) is 35.2 Å². The first-order valence-electron chi connectivity index (χ1n) is 8.70. The monoisotopic (exact) mass is 424 g/mol. The third kappa shape index (κ3) is 4.95. The zero-order chi connectivity index (χ0) is 20.1. The number of amides is 1. The molecule has 0 bridgehead atoms. The number of halogens is 1. The van der Waals surface area contributed by atoms with Crippen molar-refractivity contribution in [1.29, 1.82) is 0 Å². The molecule has 150 valence electrons. The first kappa shape index (κ1) is 20.4. The van der Waals surface area contributed by atoms with Crippen LogP contribution in [0, 0.1) is 0 Å². The van der Waals surface area contributed by atoms with Gasteiger partial charge in [-0.2, -0.15) is 0 Å². The van der Waals surface area contributed by atoms with Gasteiger partial charge < -0.3 is 14.4 Å². The minimum absolute atomic E-state index is 0.0281. The van der Waals surface area contributed by atoms with Gasteiger partial charge in [0.25, 0.3) is 10.0 Å². The molecule has 0 atom stereocenters. The Hall–Kier alpha value is -2.29. The third-order valence-electron chi connectivity index (χ3n) is 4.34. The van der Waals surface area contributed by atoms with Crippen molar-refractivity contribution in [3.63, 3.8) is 0 Å². The summed E-state index contributed by atoms with van der Waals surface area (Å²) in [5.74, 6) is 0.227. The van der Waals surface area contributed by atoms with E-state index in [9.17, 15) is 13.2 Å². The fraction of sp³-hybridized carbons (Fsp3) is 0.316. The van der Waals surface area contributed by atoms with Crippen molar-refractivity contribution in [3.05, 3.63) is 53.1 Å². The van der Waals surface area contributed by atoms with Crippen LogP contribution in [0.4, 0.5) is 5.69 Å². The van der Waals surface area contributed by atoms with Crippen LogP contribution < -0.4 is 9.46 Å². The first-order chi connectivity index (χ1) is 13.4. The number of anilines is 1. The van der Waals surface area contributed by atoms with Crippen molar-refractivity contribution in [2.45, 2.75) is 11.3 Å². The molecule has 7 nitrogen and oxygen atoms in total. The average Bonchev–Trinajstić information content (AvgIpc) is 2.70. The van der Waals surface area contributed by atoms with Gasteiger partial charge in [-0.05, 0) is 35.9 Å². The van der Waals surface area contributed by atoms with Crippen molar-refractivity contribution in [2.75, 3.05) is 38.1 Å². The number of nitrogens with zero attached hydrogens (tertiary/aromatic N) is 1. The predicted octanol–water partition coefficient (Wildman–Crippen LogP) is 2.55. The Kier molecular flexibility index (Phi) is 6.43. The lowest BCUT2D eigenvalue weighted by Crippen LogP contribution is -2.41. The Labute approximate surface area is 169 Å². The molecule has 2 aromatic carbocycles. The van der Waals surface area contributed by atoms with Crippen LogP contribution in [0.2, 0.25) is 5.02 Å². The molecule has 1 saturated heterocycles. The Balaban J connectivity index is 1.70. The van der Waals surface area contributed by atoms with Crippen LogP contribution in [0.3, 0.4) is 0 Å². The van der Waals surface area contributed by atoms with Crippen LogP contribution in [0.25, 0.3) is 0 Å². The van der Waals surface area contributed by atoms with Crippen molar-refractivity contribution in [2.24, 2.45) is 0 Å². The van der Waals surface area contributed by atoms with Gasteiger partial charge in [0.05, 0.1) is 26.7 Å². The van der Waals surface area contributed by atoms with Crippen LogP contribution in [0.1, 0.15) is 5.56 Å². The number of rotatable bonds is 6. The number of hydrogen-bond acceptors (Lipinski definition) is 5. The van der Waals surface area contributed by atoms with Crippen LogP contribution in [0.5, 0.6) is 5.75 Å². The van der Waals surface area contributed by atoms with Gasteiger partial charge in [-0.25, -0.2) is 8.42 Å². The number of methoxy groups -OCH3 is 1. The molecule has 0 spiro atoms. The minimum atomic E-state index is -3.88. The maximum absolute atomic E-state index is 12.7. The number of carbonyl (C=O) groups excluding carboxylic acids is 1. The number of morpholine rings is 1. The van der Waals surface area contributed by atoms with Gasteiger partial charge in [0.2, 0.25) is 5.91 Å². The highest BCUT2D eigenvalue weighted by Crippen LogP contribution is 2.28. The maximum Gasteiger partial charge on any atom is 0.265 e. The van der Waals surface area contributed by atoms with E-state index in [4.69, 9.17) is 21.1 Å². The second kappa shape index (κ2) is 8.81. The molecule has 1 heterocycles. The molecular formula is C19H21ClN2O5S. The molecule has 9 heteroatoms. The molecule has 1 aliphatic rings. The molecule has 0 aliphatic carbocycles. The smallest absolute Gasteiger partial charge is 0.265 e. The fourth-order valence-corrected chi connectivity index (χ4v) is 4.35. The van der Waals surface area contributed by atoms with E-state index in [0.717, 1.165) is 5.56 Å². The van der Waals surface area contributed by atoms with Gasteiger partial charge in [0.15, 0.2) is 0 Å². The molecule has 0 radical (unpaired) electrons. The van der Waals surface area contributed by atoms with Gasteiger partial charge in [-0.1, -0.05) is 23.7 Å². The van der Waals surface area contributed by atoms with E-state index in [2.05, 4.69) is 4.72 Å². The molecule has 1 fully saturated rings. The molecule has 2 aromatic rings. The van der Waals surface area contributed by atoms with E-state index in [-0.39, 0.29) is 28.0 Å². The second-order valence-electron chi connectivity index (χ2n) is 6.27. The Morgan fingerprint density at radius 3 is 2.50 bits per heavy atom. The highest BCUT2D eigenvalue weighted by Gasteiger charge is 2.21. The Morgan fingerprint density at radius 1 is 1.18 bits per heavy atom. The number of nitrogens with one attached hydrogen (secondary N) is 1. The van der Waals surface area contributed by atoms with Crippen LogP contribution in [-0.2, 0) is 26.0 Å². The predicted molar refractivity (Wildman–Crippen MR) is 106 cm³/mol. The van der Waals surface area contributed by atoms with E-state index in [1.807, 2.05) is 0 Å². The molecular weight excluding hydrogens is 404 g/mol.